The van der Waals surface area contributed by atoms with Crippen LogP contribution in [-0.2, 0) is 0 Å². The fraction of sp³-hybridized carbons (Fsp3) is 0.0714. The number of pyridine rings is 1. The molecule has 0 atom stereocenters. The van der Waals surface area contributed by atoms with Gasteiger partial charge in [0.1, 0.15) is 11.2 Å². The van der Waals surface area contributed by atoms with Crippen molar-refractivity contribution in [3.8, 4) is 11.3 Å². The number of benzene rings is 1. The highest BCUT2D eigenvalue weighted by Crippen LogP contribution is 2.22. The number of aromatic nitrogens is 3. The molecule has 0 bridgehead atoms. The van der Waals surface area contributed by atoms with Gasteiger partial charge in [-0.05, 0) is 19.1 Å². The summed E-state index contributed by atoms with van der Waals surface area (Å²) in [6.07, 6.45) is 0. The largest absolute Gasteiger partial charge is 0.346 e. The van der Waals surface area contributed by atoms with Gasteiger partial charge in [-0.3, -0.25) is 0 Å². The third-order valence-corrected chi connectivity index (χ3v) is 2.76. The van der Waals surface area contributed by atoms with E-state index in [2.05, 4.69) is 15.0 Å². The first kappa shape index (κ1) is 10.7. The zero-order chi connectivity index (χ0) is 12.5. The molecule has 2 heterocycles. The molecule has 4 nitrogen and oxygen atoms in total. The molecule has 2 aromatic heterocycles. The van der Waals surface area contributed by atoms with Crippen LogP contribution in [0.2, 0.25) is 0 Å². The average molecular weight is 237 g/mol. The molecule has 1 N–H and O–H groups in total. The summed E-state index contributed by atoms with van der Waals surface area (Å²) in [5.74, 6) is 0. The lowest BCUT2D eigenvalue weighted by Gasteiger charge is -2.05. The van der Waals surface area contributed by atoms with Crippen molar-refractivity contribution in [1.29, 1.82) is 0 Å². The molecular formula is C14H11N3O. The highest BCUT2D eigenvalue weighted by Gasteiger charge is 2.08. The Hall–Kier alpha value is -2.49. The molecule has 0 saturated carbocycles. The Bertz CT molecular complexity index is 763. The number of hydrogen-bond donors (Lipinski definition) is 1. The summed E-state index contributed by atoms with van der Waals surface area (Å²) in [5, 5.41) is 0. The Morgan fingerprint density at radius 1 is 1.00 bits per heavy atom. The highest BCUT2D eigenvalue weighted by atomic mass is 16.1. The molecule has 0 amide bonds. The topological polar surface area (TPSA) is 58.6 Å². The van der Waals surface area contributed by atoms with Crippen molar-refractivity contribution in [2.24, 2.45) is 0 Å². The molecule has 0 unspecified atom stereocenters. The molecule has 3 aromatic rings. The molecule has 3 rings (SSSR count). The van der Waals surface area contributed by atoms with E-state index < -0.39 is 0 Å². The van der Waals surface area contributed by atoms with Crippen molar-refractivity contribution in [3.63, 3.8) is 0 Å². The predicted octanol–water partition coefficient (Wildman–Crippen LogP) is 2.29. The van der Waals surface area contributed by atoms with Crippen LogP contribution in [0.1, 0.15) is 5.69 Å². The average Bonchev–Trinajstić information content (AvgIpc) is 2.39. The van der Waals surface area contributed by atoms with Crippen LogP contribution in [0.5, 0.6) is 0 Å². The van der Waals surface area contributed by atoms with Crippen molar-refractivity contribution in [1.82, 2.24) is 15.0 Å². The summed E-state index contributed by atoms with van der Waals surface area (Å²) in [5.41, 5.74) is 3.49. The van der Waals surface area contributed by atoms with Gasteiger partial charge in [-0.2, -0.15) is 4.98 Å². The smallest absolute Gasteiger partial charge is 0.304 e. The maximum Gasteiger partial charge on any atom is 0.346 e. The number of aryl methyl sites for hydroxylation is 1. The van der Waals surface area contributed by atoms with Crippen molar-refractivity contribution >= 4 is 11.0 Å². The van der Waals surface area contributed by atoms with Gasteiger partial charge in [0.2, 0.25) is 0 Å². The molecule has 1 aromatic carbocycles. The van der Waals surface area contributed by atoms with E-state index in [-0.39, 0.29) is 5.69 Å². The SMILES string of the molecule is Cc1ccc2[nH]c(=O)nc(-c3ccccc3)c2n1. The first-order valence-electron chi connectivity index (χ1n) is 5.67. The lowest BCUT2D eigenvalue weighted by Crippen LogP contribution is -2.12. The highest BCUT2D eigenvalue weighted by molar-refractivity contribution is 5.88. The molecule has 0 radical (unpaired) electrons. The number of nitrogens with one attached hydrogen (secondary N) is 1. The quantitative estimate of drug-likeness (QED) is 0.706. The third kappa shape index (κ3) is 1.78. The van der Waals surface area contributed by atoms with Crippen LogP contribution < -0.4 is 5.69 Å². The van der Waals surface area contributed by atoms with E-state index in [4.69, 9.17) is 0 Å². The Labute approximate surface area is 103 Å². The van der Waals surface area contributed by atoms with Gasteiger partial charge in [0, 0.05) is 11.3 Å². The zero-order valence-corrected chi connectivity index (χ0v) is 9.84. The molecule has 0 fully saturated rings. The Balaban J connectivity index is 2.41. The van der Waals surface area contributed by atoms with E-state index in [0.717, 1.165) is 16.8 Å². The van der Waals surface area contributed by atoms with Gasteiger partial charge >= 0.3 is 5.69 Å². The number of H-pyrrole nitrogens is 1. The lowest BCUT2D eigenvalue weighted by molar-refractivity contribution is 1.10. The van der Waals surface area contributed by atoms with Crippen molar-refractivity contribution < 1.29 is 0 Å². The van der Waals surface area contributed by atoms with Gasteiger partial charge in [0.05, 0.1) is 5.52 Å². The summed E-state index contributed by atoms with van der Waals surface area (Å²) in [6.45, 7) is 1.92. The number of fused-ring (bicyclic) bond motifs is 1. The summed E-state index contributed by atoms with van der Waals surface area (Å²) in [4.78, 5) is 22.8. The Morgan fingerprint density at radius 2 is 1.78 bits per heavy atom. The van der Waals surface area contributed by atoms with Gasteiger partial charge in [-0.1, -0.05) is 30.3 Å². The second-order valence-electron chi connectivity index (χ2n) is 4.11. The van der Waals surface area contributed by atoms with Crippen LogP contribution in [0.4, 0.5) is 0 Å². The normalized spacial score (nSPS) is 10.7. The fourth-order valence-electron chi connectivity index (χ4n) is 1.93. The van der Waals surface area contributed by atoms with Crippen LogP contribution in [0.15, 0.2) is 47.3 Å². The molecule has 0 saturated heterocycles. The van der Waals surface area contributed by atoms with Gasteiger partial charge in [0.25, 0.3) is 0 Å². The molecule has 18 heavy (non-hydrogen) atoms. The van der Waals surface area contributed by atoms with Crippen molar-refractivity contribution in [3.05, 3.63) is 58.6 Å². The molecule has 0 spiro atoms. The summed E-state index contributed by atoms with van der Waals surface area (Å²) in [7, 11) is 0. The molecule has 0 aliphatic rings. The molecule has 0 aliphatic heterocycles. The van der Waals surface area contributed by atoms with Crippen LogP contribution >= 0.6 is 0 Å². The fourth-order valence-corrected chi connectivity index (χ4v) is 1.93. The predicted molar refractivity (Wildman–Crippen MR) is 70.3 cm³/mol. The van der Waals surface area contributed by atoms with E-state index in [0.29, 0.717) is 11.2 Å². The van der Waals surface area contributed by atoms with Gasteiger partial charge in [0.15, 0.2) is 0 Å². The van der Waals surface area contributed by atoms with E-state index in [1.165, 1.54) is 0 Å². The first-order valence-corrected chi connectivity index (χ1v) is 5.67. The van der Waals surface area contributed by atoms with Crippen molar-refractivity contribution in [2.45, 2.75) is 6.92 Å². The maximum absolute atomic E-state index is 11.6. The van der Waals surface area contributed by atoms with Crippen molar-refractivity contribution in [2.75, 3.05) is 0 Å². The summed E-state index contributed by atoms with van der Waals surface area (Å²) >= 11 is 0. The van der Waals surface area contributed by atoms with Gasteiger partial charge < -0.3 is 4.98 Å². The van der Waals surface area contributed by atoms with E-state index in [9.17, 15) is 4.79 Å². The Kier molecular flexibility index (Phi) is 2.41. The third-order valence-electron chi connectivity index (χ3n) is 2.76. The Morgan fingerprint density at radius 3 is 2.56 bits per heavy atom. The minimum absolute atomic E-state index is 0.355. The number of nitrogens with zero attached hydrogens (tertiary/aromatic N) is 2. The summed E-state index contributed by atoms with van der Waals surface area (Å²) in [6, 6.07) is 13.3. The number of aromatic amines is 1. The van der Waals surface area contributed by atoms with Crippen LogP contribution in [0.25, 0.3) is 22.3 Å². The van der Waals surface area contributed by atoms with Crippen LogP contribution in [-0.4, -0.2) is 15.0 Å². The molecule has 88 valence electrons. The molecular weight excluding hydrogens is 226 g/mol. The van der Waals surface area contributed by atoms with Gasteiger partial charge in [-0.25, -0.2) is 9.78 Å². The minimum atomic E-state index is -0.355. The van der Waals surface area contributed by atoms with Crippen LogP contribution in [0.3, 0.4) is 0 Å². The minimum Gasteiger partial charge on any atom is -0.304 e. The second kappa shape index (κ2) is 4.07. The second-order valence-corrected chi connectivity index (χ2v) is 4.11. The standard InChI is InChI=1S/C14H11N3O/c1-9-7-8-11-13(15-9)12(17-14(18)16-11)10-5-3-2-4-6-10/h2-8H,1H3,(H,16,17,18). The van der Waals surface area contributed by atoms with E-state index in [1.807, 2.05) is 49.4 Å². The lowest BCUT2D eigenvalue weighted by atomic mass is 10.1. The van der Waals surface area contributed by atoms with E-state index in [1.54, 1.807) is 0 Å². The van der Waals surface area contributed by atoms with Crippen LogP contribution in [0, 0.1) is 6.92 Å². The monoisotopic (exact) mass is 237 g/mol. The first-order chi connectivity index (χ1) is 8.74. The summed E-state index contributed by atoms with van der Waals surface area (Å²) < 4.78 is 0. The van der Waals surface area contributed by atoms with E-state index >= 15 is 0 Å². The number of rotatable bonds is 1. The van der Waals surface area contributed by atoms with Gasteiger partial charge in [-0.15, -0.1) is 0 Å². The zero-order valence-electron chi connectivity index (χ0n) is 9.84. The maximum atomic E-state index is 11.6. The molecule has 4 heteroatoms. The molecule has 0 aliphatic carbocycles. The number of hydrogen-bond acceptors (Lipinski definition) is 3.